The van der Waals surface area contributed by atoms with Crippen LogP contribution in [-0.4, -0.2) is 31.3 Å². The Morgan fingerprint density at radius 1 is 1.27 bits per heavy atom. The van der Waals surface area contributed by atoms with Crippen LogP contribution in [0.15, 0.2) is 53.6 Å². The zero-order valence-corrected chi connectivity index (χ0v) is 14.4. The number of hydrogen-bond acceptors (Lipinski definition) is 4. The molecule has 0 bridgehead atoms. The zero-order valence-electron chi connectivity index (χ0n) is 14.4. The second-order valence-corrected chi connectivity index (χ2v) is 6.45. The Bertz CT molecular complexity index is 1010. The Morgan fingerprint density at radius 3 is 2.88 bits per heavy atom. The third-order valence-electron chi connectivity index (χ3n) is 4.59. The number of rotatable bonds is 3. The van der Waals surface area contributed by atoms with Gasteiger partial charge in [-0.1, -0.05) is 18.2 Å². The fourth-order valence-electron chi connectivity index (χ4n) is 3.27. The third kappa shape index (κ3) is 3.03. The smallest absolute Gasteiger partial charge is 0.276 e. The predicted molar refractivity (Wildman–Crippen MR) is 96.4 cm³/mol. The average Bonchev–Trinajstić information content (AvgIpc) is 3.10. The summed E-state index contributed by atoms with van der Waals surface area (Å²) in [6, 6.07) is 10.9. The lowest BCUT2D eigenvalue weighted by Gasteiger charge is -2.24. The van der Waals surface area contributed by atoms with Gasteiger partial charge in [-0.15, -0.1) is 0 Å². The molecule has 4 rings (SSSR count). The molecule has 1 aliphatic rings. The largest absolute Gasteiger partial charge is 0.346 e. The first-order valence-corrected chi connectivity index (χ1v) is 8.59. The van der Waals surface area contributed by atoms with Gasteiger partial charge in [0.05, 0.1) is 5.69 Å². The van der Waals surface area contributed by atoms with Crippen LogP contribution in [0.1, 0.15) is 28.4 Å². The van der Waals surface area contributed by atoms with Gasteiger partial charge in [-0.05, 0) is 25.5 Å². The van der Waals surface area contributed by atoms with Crippen LogP contribution in [0.25, 0.3) is 5.69 Å². The summed E-state index contributed by atoms with van der Waals surface area (Å²) in [6.07, 6.45) is 5.26. The third-order valence-corrected chi connectivity index (χ3v) is 4.59. The normalized spacial score (nSPS) is 16.1. The average molecular weight is 349 g/mol. The van der Waals surface area contributed by atoms with Gasteiger partial charge in [0.15, 0.2) is 5.69 Å². The number of aryl methyl sites for hydroxylation is 2. The quantitative estimate of drug-likeness (QED) is 0.777. The molecule has 132 valence electrons. The molecule has 7 heteroatoms. The molecule has 3 aromatic rings. The van der Waals surface area contributed by atoms with E-state index in [1.54, 1.807) is 17.8 Å². The molecule has 0 aliphatic carbocycles. The van der Waals surface area contributed by atoms with Crippen molar-refractivity contribution < 1.29 is 4.79 Å². The van der Waals surface area contributed by atoms with E-state index < -0.39 is 5.91 Å². The van der Waals surface area contributed by atoms with Crippen molar-refractivity contribution in [3.63, 3.8) is 0 Å². The minimum absolute atomic E-state index is 0.0446. The van der Waals surface area contributed by atoms with Crippen LogP contribution in [0.4, 0.5) is 0 Å². The first-order chi connectivity index (χ1) is 12.6. The minimum Gasteiger partial charge on any atom is -0.346 e. The van der Waals surface area contributed by atoms with Crippen molar-refractivity contribution in [2.75, 3.05) is 0 Å². The predicted octanol–water partition coefficient (Wildman–Crippen LogP) is 1.48. The lowest BCUT2D eigenvalue weighted by atomic mass is 10.1. The highest BCUT2D eigenvalue weighted by atomic mass is 16.2. The molecule has 0 saturated carbocycles. The summed E-state index contributed by atoms with van der Waals surface area (Å²) in [4.78, 5) is 29.3. The van der Waals surface area contributed by atoms with Gasteiger partial charge in [0.1, 0.15) is 5.82 Å². The van der Waals surface area contributed by atoms with E-state index in [4.69, 9.17) is 0 Å². The first kappa shape index (κ1) is 16.3. The van der Waals surface area contributed by atoms with Crippen LogP contribution in [0.5, 0.6) is 0 Å². The van der Waals surface area contributed by atoms with Crippen LogP contribution < -0.4 is 10.7 Å². The molecule has 1 N–H and O–H groups in total. The van der Waals surface area contributed by atoms with Gasteiger partial charge >= 0.3 is 0 Å². The number of carbonyl (C=O) groups is 1. The number of para-hydroxylation sites is 1. The summed E-state index contributed by atoms with van der Waals surface area (Å²) in [7, 11) is 0. The Morgan fingerprint density at radius 2 is 2.08 bits per heavy atom. The Hall–Kier alpha value is -3.22. The topological polar surface area (TPSA) is 81.8 Å². The molecular formula is C19H19N5O2. The lowest BCUT2D eigenvalue weighted by molar-refractivity contribution is 0.0919. The van der Waals surface area contributed by atoms with Crippen molar-refractivity contribution in [1.29, 1.82) is 0 Å². The van der Waals surface area contributed by atoms with E-state index in [0.717, 1.165) is 24.4 Å². The van der Waals surface area contributed by atoms with E-state index in [2.05, 4.69) is 15.4 Å². The van der Waals surface area contributed by atoms with E-state index in [0.29, 0.717) is 12.2 Å². The van der Waals surface area contributed by atoms with Gasteiger partial charge in [0.25, 0.3) is 5.91 Å². The van der Waals surface area contributed by atoms with E-state index in [1.165, 1.54) is 6.07 Å². The van der Waals surface area contributed by atoms with Gasteiger partial charge in [-0.2, -0.15) is 5.10 Å². The fraction of sp³-hybridized carbons (Fsp3) is 0.263. The highest BCUT2D eigenvalue weighted by molar-refractivity contribution is 5.92. The maximum atomic E-state index is 12.7. The number of carbonyl (C=O) groups excluding carboxylic acids is 1. The molecule has 1 atom stereocenters. The van der Waals surface area contributed by atoms with Gasteiger partial charge < -0.3 is 9.88 Å². The van der Waals surface area contributed by atoms with Gasteiger partial charge in [0, 0.05) is 43.2 Å². The molecule has 0 spiro atoms. The number of fused-ring (bicyclic) bond motifs is 1. The van der Waals surface area contributed by atoms with E-state index >= 15 is 0 Å². The van der Waals surface area contributed by atoms with Crippen LogP contribution in [0.2, 0.25) is 0 Å². The van der Waals surface area contributed by atoms with Crippen molar-refractivity contribution in [2.45, 2.75) is 32.4 Å². The maximum absolute atomic E-state index is 12.7. The monoisotopic (exact) mass is 349 g/mol. The fourth-order valence-corrected chi connectivity index (χ4v) is 3.27. The minimum atomic E-state index is -0.437. The Labute approximate surface area is 150 Å². The number of imidazole rings is 1. The Balaban J connectivity index is 1.59. The van der Waals surface area contributed by atoms with E-state index in [1.807, 2.05) is 41.1 Å². The second kappa shape index (κ2) is 6.59. The maximum Gasteiger partial charge on any atom is 0.276 e. The molecule has 3 heterocycles. The van der Waals surface area contributed by atoms with Crippen LogP contribution in [0, 0.1) is 6.92 Å². The molecule has 26 heavy (non-hydrogen) atoms. The second-order valence-electron chi connectivity index (χ2n) is 6.45. The van der Waals surface area contributed by atoms with Crippen LogP contribution in [-0.2, 0) is 13.0 Å². The summed E-state index contributed by atoms with van der Waals surface area (Å²) >= 11 is 0. The summed E-state index contributed by atoms with van der Waals surface area (Å²) < 4.78 is 3.64. The number of nitrogens with zero attached hydrogens (tertiary/aromatic N) is 4. The molecule has 0 saturated heterocycles. The Kier molecular flexibility index (Phi) is 4.12. The van der Waals surface area contributed by atoms with E-state index in [9.17, 15) is 9.59 Å². The lowest BCUT2D eigenvalue weighted by Crippen LogP contribution is -2.43. The standard InChI is InChI=1S/C19H19N5O2/c1-13-11-16(25)18(22-24(13)15-5-3-2-4-6-15)19(26)21-14-7-8-17-20-9-10-23(17)12-14/h2-6,9-11,14H,7-8,12H2,1H3,(H,21,26). The number of benzene rings is 1. The molecule has 1 aromatic carbocycles. The number of nitrogens with one attached hydrogen (secondary N) is 1. The molecule has 0 radical (unpaired) electrons. The van der Waals surface area contributed by atoms with Gasteiger partial charge in [-0.25, -0.2) is 9.67 Å². The van der Waals surface area contributed by atoms with Crippen molar-refractivity contribution in [2.24, 2.45) is 0 Å². The summed E-state index contributed by atoms with van der Waals surface area (Å²) in [5, 5.41) is 7.26. The van der Waals surface area contributed by atoms with E-state index in [-0.39, 0.29) is 17.2 Å². The number of amides is 1. The van der Waals surface area contributed by atoms with Crippen LogP contribution >= 0.6 is 0 Å². The van der Waals surface area contributed by atoms with Gasteiger partial charge in [0.2, 0.25) is 5.43 Å². The van der Waals surface area contributed by atoms with Crippen molar-refractivity contribution in [3.8, 4) is 5.69 Å². The highest BCUT2D eigenvalue weighted by Crippen LogP contribution is 2.13. The summed E-state index contributed by atoms with van der Waals surface area (Å²) in [6.45, 7) is 2.45. The summed E-state index contributed by atoms with van der Waals surface area (Å²) in [5.74, 6) is 0.587. The first-order valence-electron chi connectivity index (χ1n) is 8.59. The van der Waals surface area contributed by atoms with Crippen molar-refractivity contribution >= 4 is 5.91 Å². The van der Waals surface area contributed by atoms with Crippen molar-refractivity contribution in [3.05, 3.63) is 76.2 Å². The molecule has 1 unspecified atom stereocenters. The molecule has 0 fully saturated rings. The number of hydrogen-bond donors (Lipinski definition) is 1. The zero-order chi connectivity index (χ0) is 18.1. The summed E-state index contributed by atoms with van der Waals surface area (Å²) in [5.41, 5.74) is 1.03. The molecule has 2 aromatic heterocycles. The SMILES string of the molecule is Cc1cc(=O)c(C(=O)NC2CCc3nccn3C2)nn1-c1ccccc1. The van der Waals surface area contributed by atoms with Crippen LogP contribution in [0.3, 0.4) is 0 Å². The molecule has 1 amide bonds. The molecular weight excluding hydrogens is 330 g/mol. The highest BCUT2D eigenvalue weighted by Gasteiger charge is 2.23. The molecule has 7 nitrogen and oxygen atoms in total. The number of aromatic nitrogens is 4. The van der Waals surface area contributed by atoms with Crippen molar-refractivity contribution in [1.82, 2.24) is 24.6 Å². The molecule has 1 aliphatic heterocycles. The van der Waals surface area contributed by atoms with Gasteiger partial charge in [-0.3, -0.25) is 9.59 Å².